The Morgan fingerprint density at radius 2 is 1.86 bits per heavy atom. The molecule has 0 bridgehead atoms. The van der Waals surface area contributed by atoms with E-state index in [1.165, 1.54) is 6.33 Å². The molecule has 0 saturated heterocycles. The Labute approximate surface area is 180 Å². The summed E-state index contributed by atoms with van der Waals surface area (Å²) in [5.41, 5.74) is 2.36. The molecule has 2 aromatic heterocycles. The Morgan fingerprint density at radius 3 is 2.76 bits per heavy atom. The van der Waals surface area contributed by atoms with Crippen LogP contribution >= 0.6 is 35.0 Å². The summed E-state index contributed by atoms with van der Waals surface area (Å²) < 4.78 is 0. The molecule has 1 aliphatic heterocycles. The van der Waals surface area contributed by atoms with Crippen LogP contribution in [0.4, 0.5) is 5.69 Å². The van der Waals surface area contributed by atoms with E-state index in [9.17, 15) is 0 Å². The van der Waals surface area contributed by atoms with E-state index >= 15 is 0 Å². The van der Waals surface area contributed by atoms with Crippen LogP contribution in [0.25, 0.3) is 17.4 Å². The van der Waals surface area contributed by atoms with Crippen LogP contribution in [0.2, 0.25) is 10.0 Å². The number of H-pyrrole nitrogens is 1. The highest BCUT2D eigenvalue weighted by Gasteiger charge is 2.23. The number of hydrogen-bond donors (Lipinski definition) is 1. The van der Waals surface area contributed by atoms with Gasteiger partial charge in [-0.1, -0.05) is 59.2 Å². The van der Waals surface area contributed by atoms with E-state index in [1.54, 1.807) is 18.1 Å². The number of nitrogens with one attached hydrogen (secondary N) is 1. The number of aromatic amines is 1. The third-order valence-corrected chi connectivity index (χ3v) is 6.26. The summed E-state index contributed by atoms with van der Waals surface area (Å²) in [6.07, 6.45) is 4.98. The van der Waals surface area contributed by atoms with Gasteiger partial charge in [0.1, 0.15) is 23.0 Å². The highest BCUT2D eigenvalue weighted by Crippen LogP contribution is 2.31. The van der Waals surface area contributed by atoms with Crippen molar-refractivity contribution in [1.29, 1.82) is 0 Å². The fourth-order valence-electron chi connectivity index (χ4n) is 3.23. The number of para-hydroxylation sites is 2. The quantitative estimate of drug-likeness (QED) is 0.387. The summed E-state index contributed by atoms with van der Waals surface area (Å²) in [6, 6.07) is 13.5. The number of fused-ring (bicyclic) bond motifs is 2. The zero-order valence-corrected chi connectivity index (χ0v) is 17.3. The molecule has 1 atom stereocenters. The first-order chi connectivity index (χ1) is 14.2. The molecule has 0 amide bonds. The molecular weight excluding hydrogens is 427 g/mol. The van der Waals surface area contributed by atoms with Gasteiger partial charge in [-0.15, -0.1) is 0 Å². The Kier molecular flexibility index (Phi) is 4.87. The second-order valence-corrected chi connectivity index (χ2v) is 8.19. The van der Waals surface area contributed by atoms with Crippen molar-refractivity contribution in [2.75, 3.05) is 10.7 Å². The maximum absolute atomic E-state index is 6.49. The van der Waals surface area contributed by atoms with E-state index in [0.29, 0.717) is 21.4 Å². The summed E-state index contributed by atoms with van der Waals surface area (Å²) in [5.74, 6) is 0.636. The van der Waals surface area contributed by atoms with Crippen molar-refractivity contribution in [3.63, 3.8) is 0 Å². The van der Waals surface area contributed by atoms with Gasteiger partial charge >= 0.3 is 0 Å². The first kappa shape index (κ1) is 18.4. The van der Waals surface area contributed by atoms with E-state index in [4.69, 9.17) is 28.2 Å². The standard InChI is InChI=1S/C20H14Cl2N6S/c21-13-5-1-2-7-15(13)28-8-12-4-3-6-14(22)17(12)27-16(28)9-29-20-18-19(24-10-23-18)25-11-26-20/h1-8,10-11,16H,9H2,(H,23,24,25,26). The van der Waals surface area contributed by atoms with Gasteiger partial charge in [-0.05, 0) is 18.2 Å². The predicted molar refractivity (Wildman–Crippen MR) is 117 cm³/mol. The molecule has 3 heterocycles. The largest absolute Gasteiger partial charge is 0.341 e. The Hall–Kier alpha value is -2.61. The van der Waals surface area contributed by atoms with Crippen LogP contribution in [-0.4, -0.2) is 31.9 Å². The maximum atomic E-state index is 6.49. The zero-order chi connectivity index (χ0) is 19.8. The van der Waals surface area contributed by atoms with Gasteiger partial charge in [0.25, 0.3) is 0 Å². The van der Waals surface area contributed by atoms with Crippen LogP contribution in [0.1, 0.15) is 0 Å². The lowest BCUT2D eigenvalue weighted by Crippen LogP contribution is -2.43. The van der Waals surface area contributed by atoms with Crippen LogP contribution in [0.5, 0.6) is 0 Å². The van der Waals surface area contributed by atoms with Crippen LogP contribution in [0, 0.1) is 0 Å². The van der Waals surface area contributed by atoms with Crippen LogP contribution < -0.4 is 15.5 Å². The smallest absolute Gasteiger partial charge is 0.181 e. The summed E-state index contributed by atoms with van der Waals surface area (Å²) in [4.78, 5) is 22.9. The normalized spacial score (nSPS) is 15.7. The van der Waals surface area contributed by atoms with E-state index in [2.05, 4.69) is 24.8 Å². The zero-order valence-electron chi connectivity index (χ0n) is 15.0. The summed E-state index contributed by atoms with van der Waals surface area (Å²) in [6.45, 7) is 0. The molecule has 2 aromatic carbocycles. The number of imidazole rings is 1. The average Bonchev–Trinajstić information content (AvgIpc) is 3.22. The van der Waals surface area contributed by atoms with Gasteiger partial charge in [-0.3, -0.25) is 4.99 Å². The number of aromatic nitrogens is 4. The fourth-order valence-corrected chi connectivity index (χ4v) is 4.66. The van der Waals surface area contributed by atoms with Crippen molar-refractivity contribution in [2.45, 2.75) is 11.2 Å². The molecule has 4 aromatic rings. The third kappa shape index (κ3) is 3.46. The van der Waals surface area contributed by atoms with Crippen molar-refractivity contribution in [1.82, 2.24) is 19.9 Å². The molecular formula is C20H14Cl2N6S. The topological polar surface area (TPSA) is 70.1 Å². The van der Waals surface area contributed by atoms with E-state index < -0.39 is 0 Å². The molecule has 0 fully saturated rings. The van der Waals surface area contributed by atoms with Gasteiger partial charge < -0.3 is 9.88 Å². The van der Waals surface area contributed by atoms with Crippen molar-refractivity contribution >= 4 is 58.0 Å². The van der Waals surface area contributed by atoms with Gasteiger partial charge in [-0.25, -0.2) is 15.0 Å². The fraction of sp³-hybridized carbons (Fsp3) is 0.100. The molecule has 29 heavy (non-hydrogen) atoms. The molecule has 0 spiro atoms. The van der Waals surface area contributed by atoms with Crippen molar-refractivity contribution in [3.8, 4) is 0 Å². The van der Waals surface area contributed by atoms with Gasteiger partial charge in [0, 0.05) is 17.2 Å². The minimum absolute atomic E-state index is 0.208. The number of thioether (sulfide) groups is 1. The SMILES string of the molecule is Clc1ccccc1N1C=c2cccc(Cl)c2=NC1CSc1ncnc2nc[nH]c12. The van der Waals surface area contributed by atoms with Gasteiger partial charge in [-0.2, -0.15) is 0 Å². The minimum atomic E-state index is -0.208. The monoisotopic (exact) mass is 440 g/mol. The van der Waals surface area contributed by atoms with Crippen LogP contribution in [-0.2, 0) is 0 Å². The molecule has 5 rings (SSSR count). The minimum Gasteiger partial charge on any atom is -0.341 e. The highest BCUT2D eigenvalue weighted by molar-refractivity contribution is 7.99. The van der Waals surface area contributed by atoms with E-state index in [1.807, 2.05) is 48.7 Å². The van der Waals surface area contributed by atoms with E-state index in [-0.39, 0.29) is 6.17 Å². The maximum Gasteiger partial charge on any atom is 0.181 e. The van der Waals surface area contributed by atoms with Crippen molar-refractivity contribution < 1.29 is 0 Å². The first-order valence-corrected chi connectivity index (χ1v) is 10.6. The lowest BCUT2D eigenvalue weighted by molar-refractivity contribution is 0.739. The summed E-state index contributed by atoms with van der Waals surface area (Å²) in [7, 11) is 0. The molecule has 9 heteroatoms. The molecule has 1 N–H and O–H groups in total. The molecule has 0 saturated carbocycles. The summed E-state index contributed by atoms with van der Waals surface area (Å²) in [5, 5.41) is 3.86. The molecule has 0 aliphatic carbocycles. The van der Waals surface area contributed by atoms with Crippen LogP contribution in [0.15, 0.2) is 65.1 Å². The molecule has 1 unspecified atom stereocenters. The van der Waals surface area contributed by atoms with Gasteiger partial charge in [0.05, 0.1) is 27.4 Å². The third-order valence-electron chi connectivity index (χ3n) is 4.58. The summed E-state index contributed by atoms with van der Waals surface area (Å²) >= 11 is 14.5. The predicted octanol–water partition coefficient (Wildman–Crippen LogP) is 3.66. The molecule has 144 valence electrons. The second-order valence-electron chi connectivity index (χ2n) is 6.37. The number of hydrogen-bond acceptors (Lipinski definition) is 6. The van der Waals surface area contributed by atoms with E-state index in [0.717, 1.165) is 26.8 Å². The van der Waals surface area contributed by atoms with Crippen LogP contribution in [0.3, 0.4) is 0 Å². The lowest BCUT2D eigenvalue weighted by atomic mass is 10.2. The second kappa shape index (κ2) is 7.67. The molecule has 0 radical (unpaired) electrons. The number of rotatable bonds is 4. The van der Waals surface area contributed by atoms with Gasteiger partial charge in [0.15, 0.2) is 5.65 Å². The number of nitrogens with zero attached hydrogens (tertiary/aromatic N) is 5. The Bertz CT molecular complexity index is 1320. The Morgan fingerprint density at radius 1 is 1.00 bits per heavy atom. The molecule has 6 nitrogen and oxygen atoms in total. The Balaban J connectivity index is 1.55. The number of benzene rings is 2. The van der Waals surface area contributed by atoms with Crippen molar-refractivity contribution in [3.05, 3.63) is 75.7 Å². The van der Waals surface area contributed by atoms with Crippen molar-refractivity contribution in [2.24, 2.45) is 4.99 Å². The number of halogens is 2. The number of anilines is 1. The average molecular weight is 441 g/mol. The first-order valence-electron chi connectivity index (χ1n) is 8.84. The highest BCUT2D eigenvalue weighted by atomic mass is 35.5. The lowest BCUT2D eigenvalue weighted by Gasteiger charge is -2.30. The molecule has 1 aliphatic rings. The van der Waals surface area contributed by atoms with Gasteiger partial charge in [0.2, 0.25) is 0 Å².